The van der Waals surface area contributed by atoms with Crippen LogP contribution < -0.4 is 10.6 Å². The van der Waals surface area contributed by atoms with Crippen molar-refractivity contribution >= 4 is 23.2 Å². The molecule has 0 unspecified atom stereocenters. The summed E-state index contributed by atoms with van der Waals surface area (Å²) in [5.74, 6) is -0.335. The van der Waals surface area contributed by atoms with Crippen molar-refractivity contribution in [3.8, 4) is 0 Å². The predicted octanol–water partition coefficient (Wildman–Crippen LogP) is 4.04. The van der Waals surface area contributed by atoms with Gasteiger partial charge in [0.1, 0.15) is 0 Å². The lowest BCUT2D eigenvalue weighted by molar-refractivity contribution is -0.116. The maximum Gasteiger partial charge on any atom is 0.255 e. The van der Waals surface area contributed by atoms with E-state index in [1.807, 2.05) is 57.4 Å². The van der Waals surface area contributed by atoms with Crippen LogP contribution in [0.15, 0.2) is 42.5 Å². The van der Waals surface area contributed by atoms with E-state index in [-0.39, 0.29) is 23.8 Å². The monoisotopic (exact) mass is 367 g/mol. The molecule has 2 amide bonds. The predicted molar refractivity (Wildman–Crippen MR) is 111 cm³/mol. The van der Waals surface area contributed by atoms with Crippen molar-refractivity contribution in [1.29, 1.82) is 0 Å². The van der Waals surface area contributed by atoms with Crippen molar-refractivity contribution < 1.29 is 9.59 Å². The van der Waals surface area contributed by atoms with Crippen molar-refractivity contribution in [2.24, 2.45) is 0 Å². The van der Waals surface area contributed by atoms with Gasteiger partial charge in [0.05, 0.1) is 17.9 Å². The Morgan fingerprint density at radius 2 is 1.56 bits per heavy atom. The number of amides is 2. The van der Waals surface area contributed by atoms with Gasteiger partial charge in [0.2, 0.25) is 5.91 Å². The van der Waals surface area contributed by atoms with Crippen molar-refractivity contribution in [3.05, 3.63) is 59.2 Å². The molecule has 0 aromatic heterocycles. The number of carbonyl (C=O) groups excluding carboxylic acids is 2. The van der Waals surface area contributed by atoms with E-state index in [1.165, 1.54) is 5.56 Å². The average molecular weight is 367 g/mol. The Morgan fingerprint density at radius 3 is 2.11 bits per heavy atom. The number of hydrogen-bond acceptors (Lipinski definition) is 3. The third-order valence-electron chi connectivity index (χ3n) is 4.17. The Hall–Kier alpha value is -2.66. The summed E-state index contributed by atoms with van der Waals surface area (Å²) < 4.78 is 0. The van der Waals surface area contributed by atoms with E-state index in [0.717, 1.165) is 5.56 Å². The lowest BCUT2D eigenvalue weighted by Gasteiger charge is -2.19. The molecule has 0 bridgehead atoms. The molecule has 0 saturated carbocycles. The van der Waals surface area contributed by atoms with Crippen molar-refractivity contribution in [2.45, 2.75) is 33.1 Å². The molecule has 5 nitrogen and oxygen atoms in total. The maximum atomic E-state index is 12.7. The summed E-state index contributed by atoms with van der Waals surface area (Å²) in [6.07, 6.45) is 0. The highest BCUT2D eigenvalue weighted by Gasteiger charge is 2.15. The first-order chi connectivity index (χ1) is 12.6. The average Bonchev–Trinajstić information content (AvgIpc) is 2.56. The first-order valence-electron chi connectivity index (χ1n) is 9.03. The lowest BCUT2D eigenvalue weighted by Crippen LogP contribution is -2.27. The van der Waals surface area contributed by atoms with Gasteiger partial charge in [-0.1, -0.05) is 39.0 Å². The summed E-state index contributed by atoms with van der Waals surface area (Å²) >= 11 is 0. The number of hydrogen-bond donors (Lipinski definition) is 2. The largest absolute Gasteiger partial charge is 0.323 e. The summed E-state index contributed by atoms with van der Waals surface area (Å²) in [6.45, 7) is 8.63. The number of rotatable bonds is 5. The smallest absolute Gasteiger partial charge is 0.255 e. The number of likely N-dealkylation sites (N-methyl/N-ethyl adjacent to an activating group) is 1. The third kappa shape index (κ3) is 5.93. The Balaban J connectivity index is 2.19. The standard InChI is InChI=1S/C22H29N3O2/c1-15-7-12-18(23-20(26)14-25(5)6)19(13-15)24-21(27)16-8-10-17(11-9-16)22(2,3)4/h7-13H,14H2,1-6H3,(H,23,26)(H,24,27). The van der Waals surface area contributed by atoms with E-state index >= 15 is 0 Å². The molecule has 144 valence electrons. The number of nitrogens with zero attached hydrogens (tertiary/aromatic N) is 1. The topological polar surface area (TPSA) is 61.4 Å². The van der Waals surface area contributed by atoms with Crippen molar-refractivity contribution in [1.82, 2.24) is 4.90 Å². The molecule has 2 aromatic rings. The number of aryl methyl sites for hydroxylation is 1. The fourth-order valence-electron chi connectivity index (χ4n) is 2.66. The fourth-order valence-corrected chi connectivity index (χ4v) is 2.66. The molecule has 0 aliphatic carbocycles. The number of anilines is 2. The van der Waals surface area contributed by atoms with E-state index in [2.05, 4.69) is 31.4 Å². The van der Waals surface area contributed by atoms with Gasteiger partial charge < -0.3 is 15.5 Å². The Morgan fingerprint density at radius 1 is 0.926 bits per heavy atom. The number of benzene rings is 2. The quantitative estimate of drug-likeness (QED) is 0.838. The van der Waals surface area contributed by atoms with E-state index in [9.17, 15) is 9.59 Å². The Kier molecular flexibility index (Phi) is 6.39. The lowest BCUT2D eigenvalue weighted by atomic mass is 9.87. The second-order valence-electron chi connectivity index (χ2n) is 8.12. The van der Waals surface area contributed by atoms with Crippen LogP contribution in [0.4, 0.5) is 11.4 Å². The Labute approximate surface area is 161 Å². The molecule has 2 rings (SSSR count). The van der Waals surface area contributed by atoms with Crippen LogP contribution in [0.2, 0.25) is 0 Å². The molecule has 0 atom stereocenters. The normalized spacial score (nSPS) is 11.4. The van der Waals surface area contributed by atoms with Crippen LogP contribution in [0.5, 0.6) is 0 Å². The first kappa shape index (κ1) is 20.6. The zero-order valence-electron chi connectivity index (χ0n) is 17.0. The highest BCUT2D eigenvalue weighted by atomic mass is 16.2. The molecule has 0 aliphatic rings. The van der Waals surface area contributed by atoms with Crippen LogP contribution in [0.3, 0.4) is 0 Å². The fraction of sp³-hybridized carbons (Fsp3) is 0.364. The summed E-state index contributed by atoms with van der Waals surface area (Å²) in [5, 5.41) is 5.78. The van der Waals surface area contributed by atoms with Gasteiger partial charge in [0.15, 0.2) is 0 Å². The summed E-state index contributed by atoms with van der Waals surface area (Å²) in [5.41, 5.74) is 3.97. The molecule has 0 heterocycles. The molecule has 0 fully saturated rings. The van der Waals surface area contributed by atoms with Gasteiger partial charge in [0, 0.05) is 5.56 Å². The summed E-state index contributed by atoms with van der Waals surface area (Å²) in [4.78, 5) is 26.5. The second-order valence-corrected chi connectivity index (χ2v) is 8.12. The van der Waals surface area contributed by atoms with Crippen LogP contribution in [-0.2, 0) is 10.2 Å². The van der Waals surface area contributed by atoms with Gasteiger partial charge in [-0.25, -0.2) is 0 Å². The van der Waals surface area contributed by atoms with Gasteiger partial charge in [0.25, 0.3) is 5.91 Å². The van der Waals surface area contributed by atoms with E-state index in [1.54, 1.807) is 11.0 Å². The zero-order valence-corrected chi connectivity index (χ0v) is 17.0. The van der Waals surface area contributed by atoms with Gasteiger partial charge in [-0.15, -0.1) is 0 Å². The Bertz CT molecular complexity index is 818. The van der Waals surface area contributed by atoms with Crippen molar-refractivity contribution in [2.75, 3.05) is 31.3 Å². The summed E-state index contributed by atoms with van der Waals surface area (Å²) in [7, 11) is 3.66. The zero-order chi connectivity index (χ0) is 20.2. The number of nitrogens with one attached hydrogen (secondary N) is 2. The molecule has 0 aliphatic heterocycles. The molecule has 2 aromatic carbocycles. The first-order valence-corrected chi connectivity index (χ1v) is 9.03. The summed E-state index contributed by atoms with van der Waals surface area (Å²) in [6, 6.07) is 13.2. The van der Waals surface area contributed by atoms with Gasteiger partial charge in [-0.05, 0) is 61.8 Å². The second kappa shape index (κ2) is 8.35. The molecule has 27 heavy (non-hydrogen) atoms. The van der Waals surface area contributed by atoms with Crippen LogP contribution in [0, 0.1) is 6.92 Å². The molecule has 0 saturated heterocycles. The van der Waals surface area contributed by atoms with Crippen LogP contribution in [-0.4, -0.2) is 37.4 Å². The molecule has 5 heteroatoms. The van der Waals surface area contributed by atoms with Crippen LogP contribution in [0.25, 0.3) is 0 Å². The highest BCUT2D eigenvalue weighted by molar-refractivity contribution is 6.07. The van der Waals surface area contributed by atoms with Crippen molar-refractivity contribution in [3.63, 3.8) is 0 Å². The van der Waals surface area contributed by atoms with E-state index < -0.39 is 0 Å². The molecular formula is C22H29N3O2. The van der Waals surface area contributed by atoms with E-state index in [4.69, 9.17) is 0 Å². The maximum absolute atomic E-state index is 12.7. The molecule has 0 radical (unpaired) electrons. The molecule has 0 spiro atoms. The molecular weight excluding hydrogens is 338 g/mol. The minimum absolute atomic E-state index is 0.0371. The minimum Gasteiger partial charge on any atom is -0.323 e. The number of carbonyl (C=O) groups is 2. The SMILES string of the molecule is Cc1ccc(NC(=O)CN(C)C)c(NC(=O)c2ccc(C(C)(C)C)cc2)c1. The van der Waals surface area contributed by atoms with Gasteiger partial charge in [-0.2, -0.15) is 0 Å². The van der Waals surface area contributed by atoms with Gasteiger partial charge in [-0.3, -0.25) is 9.59 Å². The third-order valence-corrected chi connectivity index (χ3v) is 4.17. The van der Waals surface area contributed by atoms with Crippen LogP contribution >= 0.6 is 0 Å². The van der Waals surface area contributed by atoms with E-state index in [0.29, 0.717) is 16.9 Å². The molecule has 2 N–H and O–H groups in total. The highest BCUT2D eigenvalue weighted by Crippen LogP contribution is 2.25. The van der Waals surface area contributed by atoms with Gasteiger partial charge >= 0.3 is 0 Å². The van der Waals surface area contributed by atoms with Crippen LogP contribution in [0.1, 0.15) is 42.3 Å². The minimum atomic E-state index is -0.204.